The van der Waals surface area contributed by atoms with Crippen molar-refractivity contribution in [2.75, 3.05) is 13.2 Å². The maximum atomic E-state index is 13.9. The number of unbranched alkanes of at least 4 members (excludes halogenated alkanes) is 1. The molecular weight excluding hydrogens is 422 g/mol. The lowest BCUT2D eigenvalue weighted by molar-refractivity contribution is -0.163. The van der Waals surface area contributed by atoms with Crippen LogP contribution in [-0.4, -0.2) is 13.2 Å². The number of hydrogen-bond acceptors (Lipinski definition) is 2. The summed E-state index contributed by atoms with van der Waals surface area (Å²) in [6.45, 7) is 5.41. The number of benzene rings is 2. The fourth-order valence-corrected chi connectivity index (χ4v) is 3.37. The molecule has 0 aliphatic rings. The smallest absolute Gasteiger partial charge is 0.420 e. The maximum Gasteiger partial charge on any atom is 0.420 e. The van der Waals surface area contributed by atoms with Crippen LogP contribution >= 0.6 is 0 Å². The minimum absolute atomic E-state index is 0.0815. The fraction of sp³-hybridized carbons (Fsp3) is 0.478. The van der Waals surface area contributed by atoms with Gasteiger partial charge < -0.3 is 9.47 Å². The SMILES string of the molecule is CCCCOc1cc(C)c(CCc2ccc(OCC)cc2)c(C(F)(F)F)c1C(F)(F)F. The maximum absolute atomic E-state index is 13.9. The predicted molar refractivity (Wildman–Crippen MR) is 107 cm³/mol. The Kier molecular flexibility index (Phi) is 8.26. The Labute approximate surface area is 178 Å². The highest BCUT2D eigenvalue weighted by atomic mass is 19.4. The molecule has 0 unspecified atom stereocenters. The van der Waals surface area contributed by atoms with Crippen molar-refractivity contribution in [2.45, 2.75) is 58.8 Å². The summed E-state index contributed by atoms with van der Waals surface area (Å²) in [5.74, 6) is -0.151. The lowest BCUT2D eigenvalue weighted by Gasteiger charge is -2.24. The van der Waals surface area contributed by atoms with E-state index in [2.05, 4.69) is 0 Å². The van der Waals surface area contributed by atoms with Gasteiger partial charge in [-0.05, 0) is 68.0 Å². The topological polar surface area (TPSA) is 18.5 Å². The van der Waals surface area contributed by atoms with Crippen LogP contribution in [0.3, 0.4) is 0 Å². The average Bonchev–Trinajstić information content (AvgIpc) is 2.66. The molecule has 8 heteroatoms. The van der Waals surface area contributed by atoms with Gasteiger partial charge in [0.05, 0.1) is 18.8 Å². The zero-order valence-electron chi connectivity index (χ0n) is 17.7. The van der Waals surface area contributed by atoms with Crippen molar-refractivity contribution in [1.82, 2.24) is 0 Å². The van der Waals surface area contributed by atoms with Crippen molar-refractivity contribution in [3.05, 3.63) is 58.1 Å². The van der Waals surface area contributed by atoms with Gasteiger partial charge >= 0.3 is 12.4 Å². The second kappa shape index (κ2) is 10.3. The molecule has 0 aliphatic carbocycles. The highest BCUT2D eigenvalue weighted by molar-refractivity contribution is 5.52. The summed E-state index contributed by atoms with van der Waals surface area (Å²) < 4.78 is 93.3. The van der Waals surface area contributed by atoms with Gasteiger partial charge in [-0.25, -0.2) is 0 Å². The molecule has 2 nitrogen and oxygen atoms in total. The molecule has 0 bridgehead atoms. The first-order valence-corrected chi connectivity index (χ1v) is 10.1. The molecule has 0 spiro atoms. The van der Waals surface area contributed by atoms with E-state index in [-0.39, 0.29) is 30.6 Å². The van der Waals surface area contributed by atoms with E-state index in [1.54, 1.807) is 24.3 Å². The van der Waals surface area contributed by atoms with Gasteiger partial charge in [-0.1, -0.05) is 25.5 Å². The molecule has 0 aliphatic heterocycles. The molecule has 0 fully saturated rings. The summed E-state index contributed by atoms with van der Waals surface area (Å²) in [5.41, 5.74) is -2.94. The summed E-state index contributed by atoms with van der Waals surface area (Å²) in [6, 6.07) is 7.83. The predicted octanol–water partition coefficient (Wildman–Crippen LogP) is 7.40. The van der Waals surface area contributed by atoms with Crippen molar-refractivity contribution >= 4 is 0 Å². The van der Waals surface area contributed by atoms with Crippen LogP contribution in [0.25, 0.3) is 0 Å². The first-order valence-electron chi connectivity index (χ1n) is 10.1. The number of halogens is 6. The molecular formula is C23H26F6O2. The largest absolute Gasteiger partial charge is 0.494 e. The first-order chi connectivity index (χ1) is 14.5. The van der Waals surface area contributed by atoms with Crippen LogP contribution in [-0.2, 0) is 25.2 Å². The van der Waals surface area contributed by atoms with Gasteiger partial charge in [0.15, 0.2) is 0 Å². The Morgan fingerprint density at radius 2 is 1.42 bits per heavy atom. The van der Waals surface area contributed by atoms with Crippen LogP contribution in [0.15, 0.2) is 30.3 Å². The summed E-state index contributed by atoms with van der Waals surface area (Å²) in [7, 11) is 0. The highest BCUT2D eigenvalue weighted by Gasteiger charge is 2.47. The molecule has 0 saturated heterocycles. The molecule has 2 aromatic rings. The highest BCUT2D eigenvalue weighted by Crippen LogP contribution is 2.48. The normalized spacial score (nSPS) is 12.2. The van der Waals surface area contributed by atoms with E-state index >= 15 is 0 Å². The summed E-state index contributed by atoms with van der Waals surface area (Å²) in [5, 5.41) is 0. The quantitative estimate of drug-likeness (QED) is 0.294. The van der Waals surface area contributed by atoms with E-state index in [0.717, 1.165) is 6.07 Å². The van der Waals surface area contributed by atoms with Crippen LogP contribution in [0.4, 0.5) is 26.3 Å². The van der Waals surface area contributed by atoms with Gasteiger partial charge in [0.25, 0.3) is 0 Å². The van der Waals surface area contributed by atoms with Crippen LogP contribution in [0.2, 0.25) is 0 Å². The molecule has 172 valence electrons. The van der Waals surface area contributed by atoms with Gasteiger partial charge in [0.2, 0.25) is 0 Å². The molecule has 0 aromatic heterocycles. The van der Waals surface area contributed by atoms with Gasteiger partial charge in [-0.3, -0.25) is 0 Å². The van der Waals surface area contributed by atoms with Crippen molar-refractivity contribution in [2.24, 2.45) is 0 Å². The van der Waals surface area contributed by atoms with E-state index in [4.69, 9.17) is 9.47 Å². The monoisotopic (exact) mass is 448 g/mol. The molecule has 0 atom stereocenters. The van der Waals surface area contributed by atoms with Gasteiger partial charge in [0, 0.05) is 0 Å². The van der Waals surface area contributed by atoms with E-state index in [1.165, 1.54) is 6.92 Å². The van der Waals surface area contributed by atoms with Crippen molar-refractivity contribution in [3.8, 4) is 11.5 Å². The molecule has 0 radical (unpaired) electrons. The molecule has 0 N–H and O–H groups in total. The van der Waals surface area contributed by atoms with E-state index in [9.17, 15) is 26.3 Å². The van der Waals surface area contributed by atoms with E-state index in [0.29, 0.717) is 30.8 Å². The standard InChI is InChI=1S/C23H26F6O2/c1-4-6-13-31-19-14-15(3)18(20(22(24,25)26)21(19)23(27,28)29)12-9-16-7-10-17(11-8-16)30-5-2/h7-8,10-11,14H,4-6,9,12-13H2,1-3H3. The molecule has 0 heterocycles. The Morgan fingerprint density at radius 1 is 0.806 bits per heavy atom. The second-order valence-corrected chi connectivity index (χ2v) is 7.19. The third-order valence-electron chi connectivity index (χ3n) is 4.84. The Bertz CT molecular complexity index is 854. The van der Waals surface area contributed by atoms with Crippen LogP contribution in [0.5, 0.6) is 11.5 Å². The lowest BCUT2D eigenvalue weighted by Crippen LogP contribution is -2.22. The zero-order chi connectivity index (χ0) is 23.2. The van der Waals surface area contributed by atoms with Crippen LogP contribution in [0.1, 0.15) is 54.5 Å². The van der Waals surface area contributed by atoms with Crippen molar-refractivity contribution in [3.63, 3.8) is 0 Å². The van der Waals surface area contributed by atoms with Crippen molar-refractivity contribution < 1.29 is 35.8 Å². The van der Waals surface area contributed by atoms with Crippen LogP contribution in [0, 0.1) is 6.92 Å². The number of ether oxygens (including phenoxy) is 2. The Morgan fingerprint density at radius 3 is 1.94 bits per heavy atom. The van der Waals surface area contributed by atoms with Gasteiger partial charge in [-0.2, -0.15) is 26.3 Å². The minimum atomic E-state index is -5.20. The Balaban J connectivity index is 2.48. The number of alkyl halides is 6. The second-order valence-electron chi connectivity index (χ2n) is 7.19. The fourth-order valence-electron chi connectivity index (χ4n) is 3.37. The number of rotatable bonds is 9. The number of hydrogen-bond donors (Lipinski definition) is 0. The molecule has 2 rings (SSSR count). The zero-order valence-corrected chi connectivity index (χ0v) is 17.7. The van der Waals surface area contributed by atoms with Crippen molar-refractivity contribution in [1.29, 1.82) is 0 Å². The third-order valence-corrected chi connectivity index (χ3v) is 4.84. The average molecular weight is 448 g/mol. The third kappa shape index (κ3) is 6.55. The summed E-state index contributed by atoms with van der Waals surface area (Å²) in [4.78, 5) is 0. The number of aryl methyl sites for hydroxylation is 2. The molecule has 2 aromatic carbocycles. The summed E-state index contributed by atoms with van der Waals surface area (Å²) >= 11 is 0. The molecule has 31 heavy (non-hydrogen) atoms. The Hall–Kier alpha value is -2.38. The van der Waals surface area contributed by atoms with Gasteiger partial charge in [0.1, 0.15) is 17.1 Å². The molecule has 0 saturated carbocycles. The minimum Gasteiger partial charge on any atom is -0.494 e. The molecule has 0 amide bonds. The van der Waals surface area contributed by atoms with E-state index < -0.39 is 29.2 Å². The van der Waals surface area contributed by atoms with Crippen LogP contribution < -0.4 is 9.47 Å². The van der Waals surface area contributed by atoms with E-state index in [1.807, 2.05) is 13.8 Å². The van der Waals surface area contributed by atoms with Gasteiger partial charge in [-0.15, -0.1) is 0 Å². The summed E-state index contributed by atoms with van der Waals surface area (Å²) in [6.07, 6.45) is -9.32. The lowest BCUT2D eigenvalue weighted by atomic mass is 9.90. The first kappa shape index (κ1) is 24.9.